The van der Waals surface area contributed by atoms with Crippen molar-refractivity contribution in [3.8, 4) is 0 Å². The first-order valence-corrected chi connectivity index (χ1v) is 7.46. The van der Waals surface area contributed by atoms with E-state index in [9.17, 15) is 9.59 Å². The van der Waals surface area contributed by atoms with E-state index in [0.717, 1.165) is 11.8 Å². The summed E-state index contributed by atoms with van der Waals surface area (Å²) in [5.74, 6) is 1.41. The fraction of sp³-hybridized carbons (Fsp3) is 0.867. The molecule has 0 spiro atoms. The van der Waals surface area contributed by atoms with Crippen LogP contribution < -0.4 is 5.32 Å². The molecule has 0 radical (unpaired) electrons. The summed E-state index contributed by atoms with van der Waals surface area (Å²) in [7, 11) is 0. The average Bonchev–Trinajstić information content (AvgIpc) is 2.88. The third-order valence-electron chi connectivity index (χ3n) is 4.88. The zero-order valence-electron chi connectivity index (χ0n) is 11.9. The molecule has 0 aliphatic heterocycles. The quantitative estimate of drug-likeness (QED) is 0.776. The minimum Gasteiger partial charge on any atom is -0.481 e. The molecule has 0 saturated heterocycles. The standard InChI is InChI=1S/C15H25NO3/c1-9(6-15(18)19)5-14(17)16-10(2)13-8-11-3-4-12(13)7-11/h9-13H,3-8H2,1-2H3,(H,16,17)(H,18,19). The number of fused-ring (bicyclic) bond motifs is 2. The first-order chi connectivity index (χ1) is 8.95. The van der Waals surface area contributed by atoms with E-state index in [4.69, 9.17) is 5.11 Å². The molecule has 2 saturated carbocycles. The van der Waals surface area contributed by atoms with Crippen molar-refractivity contribution >= 4 is 11.9 Å². The molecule has 2 fully saturated rings. The molecule has 4 nitrogen and oxygen atoms in total. The van der Waals surface area contributed by atoms with Gasteiger partial charge in [-0.2, -0.15) is 0 Å². The Morgan fingerprint density at radius 3 is 2.47 bits per heavy atom. The molecule has 2 bridgehead atoms. The minimum absolute atomic E-state index is 0.00373. The summed E-state index contributed by atoms with van der Waals surface area (Å²) >= 11 is 0. The third kappa shape index (κ3) is 3.71. The van der Waals surface area contributed by atoms with Crippen molar-refractivity contribution in [2.24, 2.45) is 23.7 Å². The van der Waals surface area contributed by atoms with E-state index in [-0.39, 0.29) is 24.3 Å². The Hall–Kier alpha value is -1.06. The van der Waals surface area contributed by atoms with Gasteiger partial charge in [-0.15, -0.1) is 0 Å². The van der Waals surface area contributed by atoms with Crippen LogP contribution in [0.5, 0.6) is 0 Å². The van der Waals surface area contributed by atoms with Crippen molar-refractivity contribution in [2.45, 2.75) is 58.4 Å². The zero-order chi connectivity index (χ0) is 14.0. The number of carbonyl (C=O) groups excluding carboxylic acids is 1. The van der Waals surface area contributed by atoms with Crippen LogP contribution in [-0.4, -0.2) is 23.0 Å². The molecule has 0 aromatic carbocycles. The first kappa shape index (κ1) is 14.4. The van der Waals surface area contributed by atoms with Crippen LogP contribution in [0.4, 0.5) is 0 Å². The molecular formula is C15H25NO3. The lowest BCUT2D eigenvalue weighted by molar-refractivity contribution is -0.138. The van der Waals surface area contributed by atoms with E-state index in [1.54, 1.807) is 0 Å². The Bertz CT molecular complexity index is 355. The number of carboxylic acids is 1. The van der Waals surface area contributed by atoms with Gasteiger partial charge in [0.25, 0.3) is 0 Å². The third-order valence-corrected chi connectivity index (χ3v) is 4.88. The Morgan fingerprint density at radius 1 is 1.21 bits per heavy atom. The van der Waals surface area contributed by atoms with Gasteiger partial charge in [0.05, 0.1) is 0 Å². The molecule has 5 atom stereocenters. The highest BCUT2D eigenvalue weighted by Gasteiger charge is 2.42. The van der Waals surface area contributed by atoms with Gasteiger partial charge in [-0.05, 0) is 49.9 Å². The maximum atomic E-state index is 11.9. The van der Waals surface area contributed by atoms with Gasteiger partial charge in [-0.1, -0.05) is 13.3 Å². The lowest BCUT2D eigenvalue weighted by Crippen LogP contribution is -2.40. The molecule has 108 valence electrons. The summed E-state index contributed by atoms with van der Waals surface area (Å²) in [4.78, 5) is 22.5. The highest BCUT2D eigenvalue weighted by Crippen LogP contribution is 2.49. The zero-order valence-corrected chi connectivity index (χ0v) is 11.9. The van der Waals surface area contributed by atoms with Crippen molar-refractivity contribution in [1.82, 2.24) is 5.32 Å². The summed E-state index contributed by atoms with van der Waals surface area (Å²) in [6.45, 7) is 3.92. The SMILES string of the molecule is CC(CC(=O)O)CC(=O)NC(C)C1CC2CCC1C2. The Morgan fingerprint density at radius 2 is 1.95 bits per heavy atom. The van der Waals surface area contributed by atoms with Crippen LogP contribution >= 0.6 is 0 Å². The van der Waals surface area contributed by atoms with E-state index in [1.807, 2.05) is 6.92 Å². The molecule has 1 amide bonds. The molecule has 2 aliphatic rings. The van der Waals surface area contributed by atoms with Crippen LogP contribution in [0.15, 0.2) is 0 Å². The van der Waals surface area contributed by atoms with Crippen molar-refractivity contribution in [3.05, 3.63) is 0 Å². The van der Waals surface area contributed by atoms with Crippen molar-refractivity contribution in [2.75, 3.05) is 0 Å². The topological polar surface area (TPSA) is 66.4 Å². The minimum atomic E-state index is -0.832. The summed E-state index contributed by atoms with van der Waals surface area (Å²) in [6, 6.07) is 0.236. The van der Waals surface area contributed by atoms with Crippen molar-refractivity contribution in [3.63, 3.8) is 0 Å². The highest BCUT2D eigenvalue weighted by molar-refractivity contribution is 5.77. The largest absolute Gasteiger partial charge is 0.481 e. The van der Waals surface area contributed by atoms with Gasteiger partial charge in [0, 0.05) is 18.9 Å². The molecule has 0 heterocycles. The van der Waals surface area contributed by atoms with Crippen LogP contribution in [0.1, 0.15) is 52.4 Å². The fourth-order valence-electron chi connectivity index (χ4n) is 4.01. The van der Waals surface area contributed by atoms with Gasteiger partial charge in [-0.3, -0.25) is 9.59 Å². The summed E-state index contributed by atoms with van der Waals surface area (Å²) < 4.78 is 0. The van der Waals surface area contributed by atoms with E-state index < -0.39 is 5.97 Å². The second kappa shape index (κ2) is 5.93. The molecule has 19 heavy (non-hydrogen) atoms. The van der Waals surface area contributed by atoms with Crippen LogP contribution in [0.2, 0.25) is 0 Å². The first-order valence-electron chi connectivity index (χ1n) is 7.46. The molecule has 4 heteroatoms. The number of carboxylic acid groups (broad SMARTS) is 1. The molecule has 2 rings (SSSR count). The van der Waals surface area contributed by atoms with Gasteiger partial charge < -0.3 is 10.4 Å². The summed E-state index contributed by atoms with van der Waals surface area (Å²) in [6.07, 6.45) is 5.69. The number of amides is 1. The molecule has 5 unspecified atom stereocenters. The van der Waals surface area contributed by atoms with Gasteiger partial charge in [0.2, 0.25) is 5.91 Å². The normalized spacial score (nSPS) is 32.0. The second-order valence-corrected chi connectivity index (χ2v) is 6.60. The van der Waals surface area contributed by atoms with Crippen LogP contribution in [0.3, 0.4) is 0 Å². The van der Waals surface area contributed by atoms with Crippen molar-refractivity contribution < 1.29 is 14.7 Å². The van der Waals surface area contributed by atoms with Crippen LogP contribution in [0, 0.1) is 23.7 Å². The second-order valence-electron chi connectivity index (χ2n) is 6.60. The van der Waals surface area contributed by atoms with E-state index in [2.05, 4.69) is 12.2 Å². The van der Waals surface area contributed by atoms with E-state index in [0.29, 0.717) is 12.3 Å². The molecule has 2 N–H and O–H groups in total. The molecular weight excluding hydrogens is 242 g/mol. The van der Waals surface area contributed by atoms with E-state index >= 15 is 0 Å². The Balaban J connectivity index is 1.74. The van der Waals surface area contributed by atoms with Crippen molar-refractivity contribution in [1.29, 1.82) is 0 Å². The lowest BCUT2D eigenvalue weighted by atomic mass is 9.84. The lowest BCUT2D eigenvalue weighted by Gasteiger charge is -2.28. The maximum absolute atomic E-state index is 11.9. The van der Waals surface area contributed by atoms with Gasteiger partial charge >= 0.3 is 5.97 Å². The molecule has 2 aliphatic carbocycles. The average molecular weight is 267 g/mol. The Kier molecular flexibility index (Phi) is 4.48. The monoisotopic (exact) mass is 267 g/mol. The summed E-state index contributed by atoms with van der Waals surface area (Å²) in [5.41, 5.74) is 0. The predicted octanol–water partition coefficient (Wildman–Crippen LogP) is 2.43. The van der Waals surface area contributed by atoms with Gasteiger partial charge in [-0.25, -0.2) is 0 Å². The van der Waals surface area contributed by atoms with Gasteiger partial charge in [0.15, 0.2) is 0 Å². The van der Waals surface area contributed by atoms with Gasteiger partial charge in [0.1, 0.15) is 0 Å². The number of nitrogens with one attached hydrogen (secondary N) is 1. The number of hydrogen-bond donors (Lipinski definition) is 2. The summed E-state index contributed by atoms with van der Waals surface area (Å²) in [5, 5.41) is 11.8. The predicted molar refractivity (Wildman–Crippen MR) is 72.6 cm³/mol. The number of rotatable bonds is 6. The van der Waals surface area contributed by atoms with E-state index in [1.165, 1.54) is 25.7 Å². The maximum Gasteiger partial charge on any atom is 0.303 e. The number of carbonyl (C=O) groups is 2. The van der Waals surface area contributed by atoms with Crippen LogP contribution in [0.25, 0.3) is 0 Å². The smallest absolute Gasteiger partial charge is 0.303 e. The molecule has 0 aromatic heterocycles. The Labute approximate surface area is 115 Å². The molecule has 0 aromatic rings. The van der Waals surface area contributed by atoms with Crippen LogP contribution in [-0.2, 0) is 9.59 Å². The highest BCUT2D eigenvalue weighted by atomic mass is 16.4. The fourth-order valence-corrected chi connectivity index (χ4v) is 4.01. The number of hydrogen-bond acceptors (Lipinski definition) is 2. The number of aliphatic carboxylic acids is 1.